The molecular formula is C29H30N6S. The van der Waals surface area contributed by atoms with Crippen molar-refractivity contribution in [2.45, 2.75) is 45.2 Å². The molecule has 1 atom stereocenters. The molecule has 4 heterocycles. The molecular weight excluding hydrogens is 464 g/mol. The number of para-hydroxylation sites is 1. The van der Waals surface area contributed by atoms with Crippen molar-refractivity contribution in [3.8, 4) is 27.5 Å². The third-order valence-corrected chi connectivity index (χ3v) is 7.85. The molecule has 1 aliphatic rings. The maximum Gasteiger partial charge on any atom is 0.223 e. The van der Waals surface area contributed by atoms with Gasteiger partial charge < -0.3 is 15.2 Å². The standard InChI is InChI=1S/C29H30N6S/c1-19-16-31-28(33-21-11-12-29(2,3)32-17-21)34-26(19)24-18-35(22-7-5-4-6-8-22)25-15-20(9-10-23(24)25)27-30-13-14-36-27/h4-10,13-16,18,21,32H,11-12,17H2,1-3H3,(H,31,33,34)/t21-/m0/s1. The molecule has 1 saturated heterocycles. The fraction of sp³-hybridized carbons (Fsp3) is 0.276. The fourth-order valence-electron chi connectivity index (χ4n) is 4.93. The van der Waals surface area contributed by atoms with Crippen molar-refractivity contribution in [2.75, 3.05) is 11.9 Å². The normalized spacial score (nSPS) is 17.4. The zero-order chi connectivity index (χ0) is 24.7. The second-order valence-electron chi connectivity index (χ2n) is 10.2. The number of piperidine rings is 1. The van der Waals surface area contributed by atoms with Crippen LogP contribution in [0, 0.1) is 6.92 Å². The number of benzene rings is 2. The van der Waals surface area contributed by atoms with Gasteiger partial charge in [0, 0.05) is 64.3 Å². The summed E-state index contributed by atoms with van der Waals surface area (Å²) in [6.45, 7) is 7.50. The summed E-state index contributed by atoms with van der Waals surface area (Å²) in [7, 11) is 0. The highest BCUT2D eigenvalue weighted by Gasteiger charge is 2.26. The maximum absolute atomic E-state index is 5.03. The zero-order valence-corrected chi connectivity index (χ0v) is 21.6. The van der Waals surface area contributed by atoms with E-state index in [1.54, 1.807) is 11.3 Å². The average Bonchev–Trinajstić information content (AvgIpc) is 3.55. The van der Waals surface area contributed by atoms with Crippen molar-refractivity contribution < 1.29 is 0 Å². The van der Waals surface area contributed by atoms with Crippen LogP contribution in [0.5, 0.6) is 0 Å². The average molecular weight is 495 g/mol. The van der Waals surface area contributed by atoms with Gasteiger partial charge in [0.2, 0.25) is 5.95 Å². The molecule has 0 saturated carbocycles. The van der Waals surface area contributed by atoms with Gasteiger partial charge in [-0.3, -0.25) is 0 Å². The van der Waals surface area contributed by atoms with Crippen molar-refractivity contribution in [2.24, 2.45) is 0 Å². The summed E-state index contributed by atoms with van der Waals surface area (Å²) in [5.41, 5.74) is 6.67. The van der Waals surface area contributed by atoms with Crippen LogP contribution in [0.15, 0.2) is 72.5 Å². The van der Waals surface area contributed by atoms with Crippen LogP contribution in [-0.2, 0) is 0 Å². The molecule has 7 heteroatoms. The Bertz CT molecular complexity index is 1490. The van der Waals surface area contributed by atoms with Crippen molar-refractivity contribution in [1.82, 2.24) is 24.8 Å². The Kier molecular flexibility index (Phi) is 5.82. The first-order valence-electron chi connectivity index (χ1n) is 12.4. The van der Waals surface area contributed by atoms with E-state index in [0.717, 1.165) is 63.4 Å². The Labute approximate surface area is 215 Å². The van der Waals surface area contributed by atoms with Gasteiger partial charge in [-0.1, -0.05) is 30.3 Å². The van der Waals surface area contributed by atoms with Gasteiger partial charge in [0.05, 0.1) is 11.2 Å². The van der Waals surface area contributed by atoms with Gasteiger partial charge in [-0.15, -0.1) is 11.3 Å². The molecule has 6 rings (SSSR count). The Balaban J connectivity index is 1.43. The van der Waals surface area contributed by atoms with Crippen LogP contribution in [-0.4, -0.2) is 37.6 Å². The van der Waals surface area contributed by atoms with E-state index < -0.39 is 0 Å². The summed E-state index contributed by atoms with van der Waals surface area (Å²) in [5.74, 6) is 0.683. The van der Waals surface area contributed by atoms with Gasteiger partial charge >= 0.3 is 0 Å². The SMILES string of the molecule is Cc1cnc(N[C@H]2CCC(C)(C)NC2)nc1-c1cn(-c2ccccc2)c2cc(-c3nccs3)ccc12. The summed E-state index contributed by atoms with van der Waals surface area (Å²) in [6, 6.07) is 17.4. The van der Waals surface area contributed by atoms with E-state index in [1.165, 1.54) is 0 Å². The monoisotopic (exact) mass is 494 g/mol. The topological polar surface area (TPSA) is 67.7 Å². The molecule has 0 bridgehead atoms. The predicted molar refractivity (Wildman–Crippen MR) is 149 cm³/mol. The first-order chi connectivity index (χ1) is 17.5. The molecule has 0 spiro atoms. The molecule has 1 fully saturated rings. The Morgan fingerprint density at radius 2 is 1.97 bits per heavy atom. The molecule has 5 aromatic rings. The molecule has 2 N–H and O–H groups in total. The van der Waals surface area contributed by atoms with Gasteiger partial charge in [-0.25, -0.2) is 15.0 Å². The summed E-state index contributed by atoms with van der Waals surface area (Å²) in [4.78, 5) is 14.2. The number of aryl methyl sites for hydroxylation is 1. The van der Waals surface area contributed by atoms with Gasteiger partial charge in [-0.05, 0) is 57.4 Å². The van der Waals surface area contributed by atoms with Crippen LogP contribution in [0.4, 0.5) is 5.95 Å². The molecule has 0 aliphatic carbocycles. The lowest BCUT2D eigenvalue weighted by atomic mass is 9.91. The summed E-state index contributed by atoms with van der Waals surface area (Å²) < 4.78 is 2.25. The van der Waals surface area contributed by atoms with Crippen LogP contribution in [0.3, 0.4) is 0 Å². The number of fused-ring (bicyclic) bond motifs is 1. The fourth-order valence-corrected chi connectivity index (χ4v) is 5.57. The lowest BCUT2D eigenvalue weighted by Crippen LogP contribution is -2.50. The van der Waals surface area contributed by atoms with Crippen LogP contribution >= 0.6 is 11.3 Å². The number of nitrogens with one attached hydrogen (secondary N) is 2. The lowest BCUT2D eigenvalue weighted by molar-refractivity contribution is 0.289. The smallest absolute Gasteiger partial charge is 0.223 e. The molecule has 182 valence electrons. The maximum atomic E-state index is 5.03. The highest BCUT2D eigenvalue weighted by atomic mass is 32.1. The Morgan fingerprint density at radius 1 is 1.11 bits per heavy atom. The molecule has 1 aliphatic heterocycles. The zero-order valence-electron chi connectivity index (χ0n) is 20.8. The van der Waals surface area contributed by atoms with Gasteiger partial charge in [0.1, 0.15) is 5.01 Å². The molecule has 0 amide bonds. The number of rotatable bonds is 5. The summed E-state index contributed by atoms with van der Waals surface area (Å²) in [6.07, 6.45) is 8.21. The van der Waals surface area contributed by atoms with Gasteiger partial charge in [0.25, 0.3) is 0 Å². The minimum Gasteiger partial charge on any atom is -0.350 e. The van der Waals surface area contributed by atoms with E-state index in [2.05, 4.69) is 94.6 Å². The van der Waals surface area contributed by atoms with E-state index in [0.29, 0.717) is 12.0 Å². The van der Waals surface area contributed by atoms with Crippen molar-refractivity contribution >= 4 is 28.2 Å². The van der Waals surface area contributed by atoms with Crippen molar-refractivity contribution in [3.05, 3.63) is 78.1 Å². The third kappa shape index (κ3) is 4.40. The highest BCUT2D eigenvalue weighted by molar-refractivity contribution is 7.13. The number of anilines is 1. The minimum atomic E-state index is 0.189. The van der Waals surface area contributed by atoms with Crippen LogP contribution in [0.1, 0.15) is 32.3 Å². The number of hydrogen-bond acceptors (Lipinski definition) is 6. The molecule has 3 aromatic heterocycles. The van der Waals surface area contributed by atoms with Crippen LogP contribution in [0.2, 0.25) is 0 Å². The molecule has 0 unspecified atom stereocenters. The van der Waals surface area contributed by atoms with Gasteiger partial charge in [-0.2, -0.15) is 0 Å². The van der Waals surface area contributed by atoms with E-state index in [-0.39, 0.29) is 5.54 Å². The lowest BCUT2D eigenvalue weighted by Gasteiger charge is -2.36. The van der Waals surface area contributed by atoms with Gasteiger partial charge in [0.15, 0.2) is 0 Å². The highest BCUT2D eigenvalue weighted by Crippen LogP contribution is 2.36. The Morgan fingerprint density at radius 3 is 2.72 bits per heavy atom. The summed E-state index contributed by atoms with van der Waals surface area (Å²) >= 11 is 1.66. The number of thiazole rings is 1. The minimum absolute atomic E-state index is 0.189. The van der Waals surface area contributed by atoms with E-state index >= 15 is 0 Å². The number of nitrogens with zero attached hydrogens (tertiary/aromatic N) is 4. The van der Waals surface area contributed by atoms with Crippen LogP contribution < -0.4 is 10.6 Å². The third-order valence-electron chi connectivity index (χ3n) is 7.02. The first kappa shape index (κ1) is 22.9. The number of hydrogen-bond donors (Lipinski definition) is 2. The van der Waals surface area contributed by atoms with E-state index in [4.69, 9.17) is 4.98 Å². The number of aromatic nitrogens is 4. The largest absolute Gasteiger partial charge is 0.350 e. The second kappa shape index (κ2) is 9.15. The first-order valence-corrected chi connectivity index (χ1v) is 13.3. The Hall–Kier alpha value is -3.55. The van der Waals surface area contributed by atoms with E-state index in [1.807, 2.05) is 23.8 Å². The van der Waals surface area contributed by atoms with E-state index in [9.17, 15) is 0 Å². The molecule has 0 radical (unpaired) electrons. The molecule has 2 aromatic carbocycles. The van der Waals surface area contributed by atoms with Crippen molar-refractivity contribution in [1.29, 1.82) is 0 Å². The van der Waals surface area contributed by atoms with Crippen LogP contribution in [0.25, 0.3) is 38.4 Å². The quantitative estimate of drug-likeness (QED) is 0.293. The van der Waals surface area contributed by atoms with Crippen molar-refractivity contribution in [3.63, 3.8) is 0 Å². The summed E-state index contributed by atoms with van der Waals surface area (Å²) in [5, 5.41) is 11.4. The predicted octanol–water partition coefficient (Wildman–Crippen LogP) is 6.46. The molecule has 6 nitrogen and oxygen atoms in total. The second-order valence-corrected chi connectivity index (χ2v) is 11.1. The molecule has 36 heavy (non-hydrogen) atoms.